The van der Waals surface area contributed by atoms with Gasteiger partial charge in [0, 0.05) is 32.1 Å². The standard InChI is InChI=1S/C13H25N3O/c1-15-7-3-4-11(9-15)16(2)13(17)8-12(14)10-5-6-10/h10-12H,3-9,14H2,1-2H3. The second-order valence-corrected chi connectivity index (χ2v) is 5.77. The lowest BCUT2D eigenvalue weighted by Gasteiger charge is -2.36. The van der Waals surface area contributed by atoms with Gasteiger partial charge in [0.15, 0.2) is 0 Å². The Kier molecular flexibility index (Phi) is 4.05. The van der Waals surface area contributed by atoms with Gasteiger partial charge in [-0.2, -0.15) is 0 Å². The van der Waals surface area contributed by atoms with Crippen molar-refractivity contribution in [3.63, 3.8) is 0 Å². The lowest BCUT2D eigenvalue weighted by Crippen LogP contribution is -2.48. The second-order valence-electron chi connectivity index (χ2n) is 5.77. The number of hydrogen-bond acceptors (Lipinski definition) is 3. The third-order valence-corrected chi connectivity index (χ3v) is 4.18. The molecule has 17 heavy (non-hydrogen) atoms. The number of carbonyl (C=O) groups excluding carboxylic acids is 1. The van der Waals surface area contributed by atoms with Crippen molar-refractivity contribution in [3.8, 4) is 0 Å². The molecule has 0 radical (unpaired) electrons. The molecule has 0 aromatic carbocycles. The molecule has 0 spiro atoms. The number of rotatable bonds is 4. The summed E-state index contributed by atoms with van der Waals surface area (Å²) in [7, 11) is 4.06. The molecule has 0 bridgehead atoms. The maximum atomic E-state index is 12.1. The first-order valence-electron chi connectivity index (χ1n) is 6.77. The van der Waals surface area contributed by atoms with Crippen molar-refractivity contribution in [1.82, 2.24) is 9.80 Å². The fourth-order valence-corrected chi connectivity index (χ4v) is 2.70. The summed E-state index contributed by atoms with van der Waals surface area (Å²) in [5.41, 5.74) is 6.02. The Hall–Kier alpha value is -0.610. The number of likely N-dealkylation sites (tertiary alicyclic amines) is 1. The number of piperidine rings is 1. The predicted octanol–water partition coefficient (Wildman–Crippen LogP) is 0.666. The number of carbonyl (C=O) groups is 1. The summed E-state index contributed by atoms with van der Waals surface area (Å²) in [6.07, 6.45) is 5.27. The Balaban J connectivity index is 1.80. The van der Waals surface area contributed by atoms with Crippen LogP contribution in [0.4, 0.5) is 0 Å². The van der Waals surface area contributed by atoms with Gasteiger partial charge in [-0.15, -0.1) is 0 Å². The smallest absolute Gasteiger partial charge is 0.224 e. The van der Waals surface area contributed by atoms with E-state index in [0.29, 0.717) is 18.4 Å². The SMILES string of the molecule is CN1CCCC(N(C)C(=O)CC(N)C2CC2)C1. The molecule has 1 aliphatic carbocycles. The minimum atomic E-state index is 0.0891. The van der Waals surface area contributed by atoms with Gasteiger partial charge < -0.3 is 15.5 Å². The van der Waals surface area contributed by atoms with Crippen LogP contribution in [0, 0.1) is 5.92 Å². The van der Waals surface area contributed by atoms with Crippen LogP contribution >= 0.6 is 0 Å². The van der Waals surface area contributed by atoms with E-state index in [1.54, 1.807) is 0 Å². The zero-order chi connectivity index (χ0) is 12.4. The highest BCUT2D eigenvalue weighted by molar-refractivity contribution is 5.77. The van der Waals surface area contributed by atoms with E-state index in [4.69, 9.17) is 5.73 Å². The Morgan fingerprint density at radius 2 is 2.18 bits per heavy atom. The molecule has 1 aliphatic heterocycles. The Labute approximate surface area is 104 Å². The minimum absolute atomic E-state index is 0.0891. The Morgan fingerprint density at radius 1 is 1.47 bits per heavy atom. The van der Waals surface area contributed by atoms with Crippen LogP contribution in [0.3, 0.4) is 0 Å². The number of nitrogens with two attached hydrogens (primary N) is 1. The van der Waals surface area contributed by atoms with Crippen molar-refractivity contribution in [2.75, 3.05) is 27.2 Å². The fourth-order valence-electron chi connectivity index (χ4n) is 2.70. The molecule has 2 rings (SSSR count). The monoisotopic (exact) mass is 239 g/mol. The van der Waals surface area contributed by atoms with E-state index in [9.17, 15) is 4.79 Å². The first kappa shape index (κ1) is 12.8. The summed E-state index contributed by atoms with van der Waals surface area (Å²) in [5.74, 6) is 0.839. The fraction of sp³-hybridized carbons (Fsp3) is 0.923. The lowest BCUT2D eigenvalue weighted by atomic mass is 10.0. The molecular formula is C13H25N3O. The third kappa shape index (κ3) is 3.42. The van der Waals surface area contributed by atoms with Gasteiger partial charge in [0.25, 0.3) is 0 Å². The van der Waals surface area contributed by atoms with Crippen molar-refractivity contribution in [2.24, 2.45) is 11.7 Å². The molecule has 2 unspecified atom stereocenters. The Bertz CT molecular complexity index is 278. The molecule has 4 heteroatoms. The van der Waals surface area contributed by atoms with E-state index < -0.39 is 0 Å². The predicted molar refractivity (Wildman–Crippen MR) is 68.6 cm³/mol. The van der Waals surface area contributed by atoms with Gasteiger partial charge >= 0.3 is 0 Å². The maximum absolute atomic E-state index is 12.1. The number of amides is 1. The van der Waals surface area contributed by atoms with E-state index in [1.165, 1.54) is 19.3 Å². The Morgan fingerprint density at radius 3 is 2.76 bits per heavy atom. The molecule has 1 saturated heterocycles. The first-order chi connectivity index (χ1) is 8.08. The normalized spacial score (nSPS) is 27.8. The molecule has 2 atom stereocenters. The molecule has 1 heterocycles. The summed E-state index contributed by atoms with van der Waals surface area (Å²) in [5, 5.41) is 0. The van der Waals surface area contributed by atoms with E-state index in [-0.39, 0.29) is 11.9 Å². The average Bonchev–Trinajstić information content (AvgIpc) is 3.11. The van der Waals surface area contributed by atoms with Gasteiger partial charge in [0.05, 0.1) is 0 Å². The topological polar surface area (TPSA) is 49.6 Å². The van der Waals surface area contributed by atoms with Crippen LogP contribution in [0.25, 0.3) is 0 Å². The minimum Gasteiger partial charge on any atom is -0.341 e. The van der Waals surface area contributed by atoms with Crippen LogP contribution in [-0.4, -0.2) is 55.0 Å². The van der Waals surface area contributed by atoms with Crippen LogP contribution < -0.4 is 5.73 Å². The van der Waals surface area contributed by atoms with Crippen molar-refractivity contribution in [2.45, 2.75) is 44.2 Å². The van der Waals surface area contributed by atoms with Gasteiger partial charge in [-0.3, -0.25) is 4.79 Å². The lowest BCUT2D eigenvalue weighted by molar-refractivity contribution is -0.133. The number of likely N-dealkylation sites (N-methyl/N-ethyl adjacent to an activating group) is 2. The van der Waals surface area contributed by atoms with Crippen LogP contribution in [0.1, 0.15) is 32.1 Å². The average molecular weight is 239 g/mol. The van der Waals surface area contributed by atoms with Crippen LogP contribution in [-0.2, 0) is 4.79 Å². The van der Waals surface area contributed by atoms with E-state index in [0.717, 1.165) is 19.5 Å². The number of nitrogens with zero attached hydrogens (tertiary/aromatic N) is 2. The molecule has 0 aromatic heterocycles. The zero-order valence-electron chi connectivity index (χ0n) is 11.1. The van der Waals surface area contributed by atoms with Crippen molar-refractivity contribution in [1.29, 1.82) is 0 Å². The molecule has 2 fully saturated rings. The molecule has 4 nitrogen and oxygen atoms in total. The van der Waals surface area contributed by atoms with Gasteiger partial charge in [-0.25, -0.2) is 0 Å². The van der Waals surface area contributed by atoms with Crippen LogP contribution in [0.2, 0.25) is 0 Å². The molecule has 2 aliphatic rings. The zero-order valence-corrected chi connectivity index (χ0v) is 11.1. The molecule has 0 aromatic rings. The quantitative estimate of drug-likeness (QED) is 0.784. The van der Waals surface area contributed by atoms with Crippen molar-refractivity contribution in [3.05, 3.63) is 0 Å². The van der Waals surface area contributed by atoms with E-state index in [2.05, 4.69) is 11.9 Å². The third-order valence-electron chi connectivity index (χ3n) is 4.18. The molecular weight excluding hydrogens is 214 g/mol. The van der Waals surface area contributed by atoms with Crippen LogP contribution in [0.5, 0.6) is 0 Å². The first-order valence-corrected chi connectivity index (χ1v) is 6.77. The maximum Gasteiger partial charge on any atom is 0.224 e. The van der Waals surface area contributed by atoms with E-state index >= 15 is 0 Å². The second kappa shape index (κ2) is 5.36. The highest BCUT2D eigenvalue weighted by Gasteiger charge is 2.32. The van der Waals surface area contributed by atoms with Gasteiger partial charge in [0.2, 0.25) is 5.91 Å². The highest BCUT2D eigenvalue weighted by Crippen LogP contribution is 2.33. The largest absolute Gasteiger partial charge is 0.341 e. The summed E-state index contributed by atoms with van der Waals surface area (Å²) in [6, 6.07) is 0.471. The summed E-state index contributed by atoms with van der Waals surface area (Å²) >= 11 is 0. The van der Waals surface area contributed by atoms with Gasteiger partial charge in [0.1, 0.15) is 0 Å². The molecule has 2 N–H and O–H groups in total. The van der Waals surface area contributed by atoms with Gasteiger partial charge in [-0.05, 0) is 45.2 Å². The van der Waals surface area contributed by atoms with Crippen molar-refractivity contribution >= 4 is 5.91 Å². The van der Waals surface area contributed by atoms with Crippen molar-refractivity contribution < 1.29 is 4.79 Å². The highest BCUT2D eigenvalue weighted by atomic mass is 16.2. The van der Waals surface area contributed by atoms with Crippen LogP contribution in [0.15, 0.2) is 0 Å². The molecule has 98 valence electrons. The summed E-state index contributed by atoms with van der Waals surface area (Å²) in [6.45, 7) is 2.15. The summed E-state index contributed by atoms with van der Waals surface area (Å²) in [4.78, 5) is 16.4. The molecule has 1 amide bonds. The summed E-state index contributed by atoms with van der Waals surface area (Å²) < 4.78 is 0. The van der Waals surface area contributed by atoms with E-state index in [1.807, 2.05) is 11.9 Å². The molecule has 1 saturated carbocycles. The number of hydrogen-bond donors (Lipinski definition) is 1. The van der Waals surface area contributed by atoms with Gasteiger partial charge in [-0.1, -0.05) is 0 Å².